The maximum Gasteiger partial charge on any atom is 0.230 e. The van der Waals surface area contributed by atoms with Crippen molar-refractivity contribution in [2.24, 2.45) is 7.05 Å². The third-order valence-electron chi connectivity index (χ3n) is 3.11. The van der Waals surface area contributed by atoms with Gasteiger partial charge in [-0.05, 0) is 32.6 Å². The summed E-state index contributed by atoms with van der Waals surface area (Å²) in [4.78, 5) is 0. The van der Waals surface area contributed by atoms with Gasteiger partial charge < -0.3 is 4.74 Å². The second-order valence-electron chi connectivity index (χ2n) is 4.38. The lowest BCUT2D eigenvalue weighted by atomic mass is 9.98. The summed E-state index contributed by atoms with van der Waals surface area (Å²) < 4.78 is 7.58. The number of aromatic nitrogens is 2. The Kier molecular flexibility index (Phi) is 3.14. The molecular formula is C12H17N3O. The van der Waals surface area contributed by atoms with Crippen molar-refractivity contribution in [2.75, 3.05) is 0 Å². The molecule has 86 valence electrons. The molecule has 0 atom stereocenters. The van der Waals surface area contributed by atoms with Crippen molar-refractivity contribution in [1.82, 2.24) is 9.78 Å². The lowest BCUT2D eigenvalue weighted by Gasteiger charge is -2.22. The molecule has 2 rings (SSSR count). The molecule has 0 bridgehead atoms. The maximum absolute atomic E-state index is 9.06. The Hall–Kier alpha value is -1.50. The summed E-state index contributed by atoms with van der Waals surface area (Å²) in [6.07, 6.45) is 6.20. The number of hydrogen-bond donors (Lipinski definition) is 0. The lowest BCUT2D eigenvalue weighted by molar-refractivity contribution is 0.142. The van der Waals surface area contributed by atoms with Gasteiger partial charge >= 0.3 is 0 Å². The fraction of sp³-hybridized carbons (Fsp3) is 0.667. The van der Waals surface area contributed by atoms with E-state index in [-0.39, 0.29) is 6.10 Å². The summed E-state index contributed by atoms with van der Waals surface area (Å²) in [6, 6.07) is 2.17. The molecule has 4 heteroatoms. The number of nitrogens with zero attached hydrogens (tertiary/aromatic N) is 3. The van der Waals surface area contributed by atoms with Crippen LogP contribution in [0.3, 0.4) is 0 Å². The van der Waals surface area contributed by atoms with Crippen LogP contribution in [0.4, 0.5) is 0 Å². The van der Waals surface area contributed by atoms with Crippen LogP contribution < -0.4 is 4.74 Å². The van der Waals surface area contributed by atoms with E-state index in [0.29, 0.717) is 11.4 Å². The van der Waals surface area contributed by atoms with Crippen molar-refractivity contribution in [2.45, 2.75) is 45.1 Å². The van der Waals surface area contributed by atoms with E-state index in [1.165, 1.54) is 19.3 Å². The summed E-state index contributed by atoms with van der Waals surface area (Å²) >= 11 is 0. The van der Waals surface area contributed by atoms with Gasteiger partial charge in [0.1, 0.15) is 17.7 Å². The van der Waals surface area contributed by atoms with Crippen molar-refractivity contribution in [3.63, 3.8) is 0 Å². The molecule has 1 aliphatic carbocycles. The van der Waals surface area contributed by atoms with E-state index in [4.69, 9.17) is 10.00 Å². The molecule has 1 aromatic heterocycles. The normalized spacial score (nSPS) is 17.1. The predicted molar refractivity (Wildman–Crippen MR) is 60.2 cm³/mol. The summed E-state index contributed by atoms with van der Waals surface area (Å²) in [6.45, 7) is 1.84. The Labute approximate surface area is 95.8 Å². The molecule has 0 amide bonds. The van der Waals surface area contributed by atoms with Crippen LogP contribution in [0.2, 0.25) is 0 Å². The molecule has 0 spiro atoms. The molecule has 0 unspecified atom stereocenters. The van der Waals surface area contributed by atoms with Gasteiger partial charge in [-0.25, -0.2) is 4.68 Å². The number of ether oxygens (including phenoxy) is 1. The van der Waals surface area contributed by atoms with Gasteiger partial charge in [0.25, 0.3) is 0 Å². The largest absolute Gasteiger partial charge is 0.474 e. The molecule has 0 saturated heterocycles. The third-order valence-corrected chi connectivity index (χ3v) is 3.11. The molecular weight excluding hydrogens is 202 g/mol. The molecule has 1 saturated carbocycles. The minimum Gasteiger partial charge on any atom is -0.474 e. The first kappa shape index (κ1) is 11.0. The number of nitriles is 1. The van der Waals surface area contributed by atoms with Gasteiger partial charge in [-0.15, -0.1) is 0 Å². The second-order valence-corrected chi connectivity index (χ2v) is 4.38. The Morgan fingerprint density at radius 3 is 2.69 bits per heavy atom. The van der Waals surface area contributed by atoms with Gasteiger partial charge in [-0.1, -0.05) is 6.42 Å². The number of aryl methyl sites for hydroxylation is 2. The second kappa shape index (κ2) is 4.56. The molecule has 1 heterocycles. The van der Waals surface area contributed by atoms with Gasteiger partial charge in [0, 0.05) is 7.05 Å². The Morgan fingerprint density at radius 1 is 1.38 bits per heavy atom. The van der Waals surface area contributed by atoms with Crippen LogP contribution in [-0.4, -0.2) is 15.9 Å². The first-order chi connectivity index (χ1) is 7.72. The summed E-state index contributed by atoms with van der Waals surface area (Å²) in [7, 11) is 1.83. The Bertz CT molecular complexity index is 411. The minimum absolute atomic E-state index is 0.260. The van der Waals surface area contributed by atoms with Gasteiger partial charge in [0.05, 0.1) is 5.69 Å². The predicted octanol–water partition coefficient (Wildman–Crippen LogP) is 2.31. The van der Waals surface area contributed by atoms with E-state index < -0.39 is 0 Å². The first-order valence-corrected chi connectivity index (χ1v) is 5.82. The van der Waals surface area contributed by atoms with Crippen molar-refractivity contribution in [1.29, 1.82) is 5.26 Å². The van der Waals surface area contributed by atoms with E-state index in [9.17, 15) is 0 Å². The Morgan fingerprint density at radius 2 is 2.06 bits per heavy atom. The smallest absolute Gasteiger partial charge is 0.230 e. The summed E-state index contributed by atoms with van der Waals surface area (Å²) in [5.41, 5.74) is 1.32. The average Bonchev–Trinajstić information content (AvgIpc) is 2.55. The SMILES string of the molecule is Cc1nn(C)c(OC2CCCCC2)c1C#N. The molecule has 4 nitrogen and oxygen atoms in total. The molecule has 0 radical (unpaired) electrons. The summed E-state index contributed by atoms with van der Waals surface area (Å²) in [5.74, 6) is 0.631. The lowest BCUT2D eigenvalue weighted by Crippen LogP contribution is -2.21. The minimum atomic E-state index is 0.260. The zero-order valence-electron chi connectivity index (χ0n) is 9.86. The summed E-state index contributed by atoms with van der Waals surface area (Å²) in [5, 5.41) is 13.3. The third kappa shape index (κ3) is 2.04. The molecule has 0 aromatic carbocycles. The number of rotatable bonds is 2. The van der Waals surface area contributed by atoms with E-state index >= 15 is 0 Å². The number of hydrogen-bond acceptors (Lipinski definition) is 3. The highest BCUT2D eigenvalue weighted by Crippen LogP contribution is 2.26. The Balaban J connectivity index is 2.17. The average molecular weight is 219 g/mol. The van der Waals surface area contributed by atoms with Crippen molar-refractivity contribution >= 4 is 0 Å². The van der Waals surface area contributed by atoms with Crippen LogP contribution in [0, 0.1) is 18.3 Å². The van der Waals surface area contributed by atoms with Crippen molar-refractivity contribution in [3.05, 3.63) is 11.3 Å². The monoisotopic (exact) mass is 219 g/mol. The molecule has 0 aliphatic heterocycles. The molecule has 16 heavy (non-hydrogen) atoms. The molecule has 1 fully saturated rings. The van der Waals surface area contributed by atoms with Crippen LogP contribution in [-0.2, 0) is 7.05 Å². The highest BCUT2D eigenvalue weighted by atomic mass is 16.5. The van der Waals surface area contributed by atoms with Crippen molar-refractivity contribution < 1.29 is 4.74 Å². The standard InChI is InChI=1S/C12H17N3O/c1-9-11(8-13)12(15(2)14-9)16-10-6-4-3-5-7-10/h10H,3-7H2,1-2H3. The highest BCUT2D eigenvalue weighted by Gasteiger charge is 2.20. The fourth-order valence-electron chi connectivity index (χ4n) is 2.24. The van der Waals surface area contributed by atoms with Crippen LogP contribution >= 0.6 is 0 Å². The van der Waals surface area contributed by atoms with Crippen molar-refractivity contribution in [3.8, 4) is 11.9 Å². The van der Waals surface area contributed by atoms with Crippen LogP contribution in [0.15, 0.2) is 0 Å². The van der Waals surface area contributed by atoms with Gasteiger partial charge in [0.2, 0.25) is 5.88 Å². The molecule has 1 aromatic rings. The topological polar surface area (TPSA) is 50.8 Å². The molecule has 1 aliphatic rings. The van der Waals surface area contributed by atoms with Crippen LogP contribution in [0.5, 0.6) is 5.88 Å². The van der Waals surface area contributed by atoms with E-state index in [0.717, 1.165) is 18.5 Å². The zero-order valence-corrected chi connectivity index (χ0v) is 9.86. The van der Waals surface area contributed by atoms with E-state index in [1.54, 1.807) is 4.68 Å². The van der Waals surface area contributed by atoms with Crippen LogP contribution in [0.25, 0.3) is 0 Å². The molecule has 0 N–H and O–H groups in total. The van der Waals surface area contributed by atoms with E-state index in [1.807, 2.05) is 14.0 Å². The van der Waals surface area contributed by atoms with Gasteiger partial charge in [-0.3, -0.25) is 0 Å². The fourth-order valence-corrected chi connectivity index (χ4v) is 2.24. The van der Waals surface area contributed by atoms with Gasteiger partial charge in [-0.2, -0.15) is 10.4 Å². The van der Waals surface area contributed by atoms with E-state index in [2.05, 4.69) is 11.2 Å². The highest BCUT2D eigenvalue weighted by molar-refractivity contribution is 5.42. The van der Waals surface area contributed by atoms with Crippen LogP contribution in [0.1, 0.15) is 43.4 Å². The zero-order chi connectivity index (χ0) is 11.5. The quantitative estimate of drug-likeness (QED) is 0.767. The van der Waals surface area contributed by atoms with Gasteiger partial charge in [0.15, 0.2) is 0 Å². The first-order valence-electron chi connectivity index (χ1n) is 5.82. The maximum atomic E-state index is 9.06.